The SMILES string of the molecule is O=C(O[C@H]1[C@H](c2c(O)cc(O)c3c2O[C@@H](c2ccc(O)c(O)c2)[C@@H](O)C3)c2c(O)cc(O)cc2O[C@H]1c1ccc(O)c(O)c1)c1cc(O)c(O)c(O)c1. The first-order chi connectivity index (χ1) is 25.1. The third-order valence-electron chi connectivity index (χ3n) is 9.20. The highest BCUT2D eigenvalue weighted by Gasteiger charge is 2.49. The summed E-state index contributed by atoms with van der Waals surface area (Å²) in [5, 5.41) is 126. The number of hydrogen-bond donors (Lipinski definition) is 12. The monoisotopic (exact) mass is 730 g/mol. The number of aliphatic hydroxyl groups excluding tert-OH is 1. The third-order valence-corrected chi connectivity index (χ3v) is 9.20. The van der Waals surface area contributed by atoms with Gasteiger partial charge in [-0.05, 0) is 42.0 Å². The fraction of sp³-hybridized carbons (Fsp3) is 0.162. The van der Waals surface area contributed by atoms with E-state index < -0.39 is 105 Å². The molecule has 5 aromatic rings. The average molecular weight is 731 g/mol. The molecule has 0 fully saturated rings. The maximum absolute atomic E-state index is 13.8. The number of benzene rings is 5. The molecule has 2 aliphatic rings. The van der Waals surface area contributed by atoms with E-state index in [4.69, 9.17) is 14.2 Å². The molecule has 0 bridgehead atoms. The number of phenolic OH excluding ortho intramolecular Hbond substituents is 11. The normalized spacial score (nSPS) is 20.4. The number of esters is 1. The molecule has 12 N–H and O–H groups in total. The maximum Gasteiger partial charge on any atom is 0.338 e. The molecule has 16 heteroatoms. The number of phenols is 11. The lowest BCUT2D eigenvalue weighted by Gasteiger charge is -2.41. The van der Waals surface area contributed by atoms with Crippen LogP contribution in [0.3, 0.4) is 0 Å². The largest absolute Gasteiger partial charge is 0.508 e. The van der Waals surface area contributed by atoms with E-state index in [1.165, 1.54) is 12.1 Å². The lowest BCUT2D eigenvalue weighted by molar-refractivity contribution is -0.0285. The van der Waals surface area contributed by atoms with Crippen molar-refractivity contribution in [1.29, 1.82) is 0 Å². The van der Waals surface area contributed by atoms with Gasteiger partial charge in [0.1, 0.15) is 40.6 Å². The summed E-state index contributed by atoms with van der Waals surface area (Å²) in [5.74, 6) is -10.4. The zero-order chi connectivity index (χ0) is 38.0. The van der Waals surface area contributed by atoms with Crippen molar-refractivity contribution in [1.82, 2.24) is 0 Å². The molecule has 0 unspecified atom stereocenters. The number of aliphatic hydroxyl groups is 1. The summed E-state index contributed by atoms with van der Waals surface area (Å²) in [5.41, 5.74) is -0.728. The van der Waals surface area contributed by atoms with Crippen molar-refractivity contribution in [3.8, 4) is 74.7 Å². The molecule has 2 heterocycles. The first-order valence-electron chi connectivity index (χ1n) is 15.8. The Labute approximate surface area is 297 Å². The Morgan fingerprint density at radius 1 is 0.585 bits per heavy atom. The predicted molar refractivity (Wildman–Crippen MR) is 178 cm³/mol. The van der Waals surface area contributed by atoms with E-state index >= 15 is 0 Å². The molecule has 5 aromatic carbocycles. The molecule has 0 aromatic heterocycles. The average Bonchev–Trinajstić information content (AvgIpc) is 3.09. The van der Waals surface area contributed by atoms with Crippen LogP contribution in [0.15, 0.2) is 66.7 Å². The number of rotatable bonds is 5. The molecular formula is C37H30O16. The first kappa shape index (κ1) is 34.4. The minimum absolute atomic E-state index is 0.0341. The Hall–Kier alpha value is -7.07. The summed E-state index contributed by atoms with van der Waals surface area (Å²) in [7, 11) is 0. The number of ether oxygens (including phenoxy) is 3. The van der Waals surface area contributed by atoms with Gasteiger partial charge in [0.25, 0.3) is 0 Å². The Kier molecular flexibility index (Phi) is 8.18. The Morgan fingerprint density at radius 2 is 1.17 bits per heavy atom. The first-order valence-corrected chi connectivity index (χ1v) is 15.8. The summed E-state index contributed by atoms with van der Waals surface area (Å²) < 4.78 is 18.4. The number of hydrogen-bond acceptors (Lipinski definition) is 16. The molecule has 5 atom stereocenters. The van der Waals surface area contributed by atoms with Crippen LogP contribution in [0.5, 0.6) is 74.7 Å². The maximum atomic E-state index is 13.8. The van der Waals surface area contributed by atoms with E-state index in [1.807, 2.05) is 0 Å². The Balaban J connectivity index is 1.48. The highest BCUT2D eigenvalue weighted by molar-refractivity contribution is 5.91. The van der Waals surface area contributed by atoms with Crippen molar-refractivity contribution in [3.05, 3.63) is 100 Å². The molecule has 0 radical (unpaired) electrons. The van der Waals surface area contributed by atoms with E-state index in [0.29, 0.717) is 0 Å². The summed E-state index contributed by atoms with van der Waals surface area (Å²) >= 11 is 0. The molecule has 0 spiro atoms. The highest BCUT2D eigenvalue weighted by Crippen LogP contribution is 2.58. The van der Waals surface area contributed by atoms with E-state index in [-0.39, 0.29) is 45.7 Å². The molecule has 274 valence electrons. The van der Waals surface area contributed by atoms with Gasteiger partial charge in [-0.15, -0.1) is 0 Å². The standard InChI is InChI=1S/C37H30O16/c38-16-9-23(44)29-28(10-16)51-34(14-2-4-19(40)22(43)6-14)36(53-37(50)15-7-25(46)32(49)26(47)8-15)31(29)30-24(45)12-20(41)17-11-27(48)33(52-35(17)30)13-1-3-18(39)21(42)5-13/h1-10,12,27,31,33-34,36,38-49H,11H2/t27-,31-,33-,34-,36-/m0/s1. The molecule has 16 nitrogen and oxygen atoms in total. The zero-order valence-corrected chi connectivity index (χ0v) is 26.9. The minimum atomic E-state index is -1.72. The van der Waals surface area contributed by atoms with Crippen LogP contribution in [-0.2, 0) is 11.2 Å². The fourth-order valence-corrected chi connectivity index (χ4v) is 6.73. The van der Waals surface area contributed by atoms with Crippen molar-refractivity contribution in [2.45, 2.75) is 36.8 Å². The van der Waals surface area contributed by atoms with Gasteiger partial charge in [-0.3, -0.25) is 0 Å². The van der Waals surface area contributed by atoms with Crippen LogP contribution in [0, 0.1) is 0 Å². The second-order valence-electron chi connectivity index (χ2n) is 12.6. The highest BCUT2D eigenvalue weighted by atomic mass is 16.6. The van der Waals surface area contributed by atoms with Gasteiger partial charge >= 0.3 is 5.97 Å². The molecule has 0 saturated heterocycles. The lowest BCUT2D eigenvalue weighted by atomic mass is 9.77. The van der Waals surface area contributed by atoms with Gasteiger partial charge in [-0.25, -0.2) is 4.79 Å². The summed E-state index contributed by atoms with van der Waals surface area (Å²) in [6.07, 6.45) is -6.19. The van der Waals surface area contributed by atoms with Crippen molar-refractivity contribution >= 4 is 5.97 Å². The van der Waals surface area contributed by atoms with E-state index in [2.05, 4.69) is 0 Å². The smallest absolute Gasteiger partial charge is 0.338 e. The van der Waals surface area contributed by atoms with E-state index in [0.717, 1.165) is 54.6 Å². The van der Waals surface area contributed by atoms with Crippen LogP contribution in [0.4, 0.5) is 0 Å². The summed E-state index contributed by atoms with van der Waals surface area (Å²) in [6, 6.07) is 11.7. The van der Waals surface area contributed by atoms with Gasteiger partial charge in [-0.1, -0.05) is 12.1 Å². The van der Waals surface area contributed by atoms with Crippen LogP contribution >= 0.6 is 0 Å². The van der Waals surface area contributed by atoms with Crippen molar-refractivity contribution in [3.63, 3.8) is 0 Å². The molecule has 0 aliphatic carbocycles. The molecule has 0 amide bonds. The van der Waals surface area contributed by atoms with Gasteiger partial charge in [-0.2, -0.15) is 0 Å². The van der Waals surface area contributed by atoms with Crippen LogP contribution in [0.2, 0.25) is 0 Å². The predicted octanol–water partition coefficient (Wildman–Crippen LogP) is 3.98. The van der Waals surface area contributed by atoms with Crippen molar-refractivity contribution < 1.29 is 80.3 Å². The minimum Gasteiger partial charge on any atom is -0.508 e. The Morgan fingerprint density at radius 3 is 1.77 bits per heavy atom. The van der Waals surface area contributed by atoms with Crippen molar-refractivity contribution in [2.24, 2.45) is 0 Å². The van der Waals surface area contributed by atoms with Gasteiger partial charge in [0.05, 0.1) is 17.6 Å². The topological polar surface area (TPSA) is 288 Å². The van der Waals surface area contributed by atoms with E-state index in [9.17, 15) is 66.1 Å². The van der Waals surface area contributed by atoms with E-state index in [1.54, 1.807) is 0 Å². The third kappa shape index (κ3) is 5.85. The zero-order valence-electron chi connectivity index (χ0n) is 26.9. The van der Waals surface area contributed by atoms with Crippen LogP contribution in [-0.4, -0.2) is 79.5 Å². The second kappa shape index (κ2) is 12.6. The molecule has 0 saturated carbocycles. The molecule has 7 rings (SSSR count). The molecular weight excluding hydrogens is 700 g/mol. The number of fused-ring (bicyclic) bond motifs is 2. The lowest BCUT2D eigenvalue weighted by Crippen LogP contribution is -2.39. The summed E-state index contributed by atoms with van der Waals surface area (Å²) in [6.45, 7) is 0. The number of aromatic hydroxyl groups is 11. The molecule has 53 heavy (non-hydrogen) atoms. The van der Waals surface area contributed by atoms with Crippen LogP contribution in [0.25, 0.3) is 0 Å². The van der Waals surface area contributed by atoms with Gasteiger partial charge < -0.3 is 75.5 Å². The Bertz CT molecular complexity index is 2280. The fourth-order valence-electron chi connectivity index (χ4n) is 6.73. The number of carbonyl (C=O) groups excluding carboxylic acids is 1. The number of carbonyl (C=O) groups is 1. The summed E-state index contributed by atoms with van der Waals surface area (Å²) in [4.78, 5) is 13.8. The van der Waals surface area contributed by atoms with Crippen molar-refractivity contribution in [2.75, 3.05) is 0 Å². The van der Waals surface area contributed by atoms with Gasteiger partial charge in [0.2, 0.25) is 0 Å². The van der Waals surface area contributed by atoms with Gasteiger partial charge in [0, 0.05) is 46.9 Å². The van der Waals surface area contributed by atoms with Crippen LogP contribution < -0.4 is 9.47 Å². The quantitative estimate of drug-likeness (QED) is 0.0899. The van der Waals surface area contributed by atoms with Gasteiger partial charge in [0.15, 0.2) is 52.5 Å². The molecule has 2 aliphatic heterocycles. The second-order valence-corrected chi connectivity index (χ2v) is 12.6. The van der Waals surface area contributed by atoms with Crippen LogP contribution in [0.1, 0.15) is 56.3 Å².